The zero-order valence-electron chi connectivity index (χ0n) is 6.78. The van der Waals surface area contributed by atoms with Gasteiger partial charge in [-0.25, -0.2) is 4.79 Å². The summed E-state index contributed by atoms with van der Waals surface area (Å²) in [5, 5.41) is 12.2. The molecule has 7 nitrogen and oxygen atoms in total. The van der Waals surface area contributed by atoms with Crippen LogP contribution in [-0.4, -0.2) is 43.3 Å². The zero-order chi connectivity index (χ0) is 10.1. The first-order chi connectivity index (χ1) is 6.16. The van der Waals surface area contributed by atoms with E-state index in [9.17, 15) is 14.4 Å². The molecule has 0 aliphatic carbocycles. The molecule has 0 aliphatic heterocycles. The Kier molecular flexibility index (Phi) is 6.16. The summed E-state index contributed by atoms with van der Waals surface area (Å²) in [4.78, 5) is 30.4. The highest BCUT2D eigenvalue weighted by atomic mass is 16.5. The quantitative estimate of drug-likeness (QED) is 0.270. The number of carbonyl (C=O) groups excluding carboxylic acids is 2. The largest absolute Gasteiger partial charge is 0.465 e. The second-order valence-electron chi connectivity index (χ2n) is 1.94. The van der Waals surface area contributed by atoms with E-state index in [1.807, 2.05) is 5.32 Å². The van der Waals surface area contributed by atoms with Gasteiger partial charge in [-0.15, -0.1) is 0 Å². The molecule has 0 fully saturated rings. The van der Waals surface area contributed by atoms with Crippen LogP contribution in [0.3, 0.4) is 0 Å². The summed E-state index contributed by atoms with van der Waals surface area (Å²) in [6.45, 7) is -0.550. The number of ether oxygens (including phenoxy) is 1. The fourth-order valence-electron chi connectivity index (χ4n) is 0.457. The van der Waals surface area contributed by atoms with Gasteiger partial charge in [-0.3, -0.25) is 4.79 Å². The number of amides is 2. The average molecular weight is 190 g/mol. The molecule has 0 aliphatic rings. The predicted octanol–water partition coefficient (Wildman–Crippen LogP) is -1.46. The number of hydrogen-bond donors (Lipinski definition) is 3. The van der Waals surface area contributed by atoms with Crippen molar-refractivity contribution >= 4 is 18.3 Å². The summed E-state index contributed by atoms with van der Waals surface area (Å²) in [7, 11) is 0. The second kappa shape index (κ2) is 7.04. The minimum Gasteiger partial charge on any atom is -0.465 e. The van der Waals surface area contributed by atoms with Gasteiger partial charge in [0.2, 0.25) is 5.91 Å². The first kappa shape index (κ1) is 11.4. The van der Waals surface area contributed by atoms with Gasteiger partial charge < -0.3 is 25.3 Å². The smallest absolute Gasteiger partial charge is 0.405 e. The summed E-state index contributed by atoms with van der Waals surface area (Å²) in [6.07, 6.45) is -0.731. The van der Waals surface area contributed by atoms with E-state index in [0.717, 1.165) is 0 Å². The Morgan fingerprint density at radius 1 is 1.38 bits per heavy atom. The van der Waals surface area contributed by atoms with Crippen LogP contribution in [0.1, 0.15) is 0 Å². The maximum atomic E-state index is 10.7. The molecule has 0 spiro atoms. The van der Waals surface area contributed by atoms with Crippen LogP contribution < -0.4 is 10.6 Å². The molecular weight excluding hydrogens is 180 g/mol. The van der Waals surface area contributed by atoms with Gasteiger partial charge >= 0.3 is 6.09 Å². The zero-order valence-corrected chi connectivity index (χ0v) is 6.78. The number of rotatable bonds is 6. The summed E-state index contributed by atoms with van der Waals surface area (Å²) in [5.74, 6) is -0.520. The van der Waals surface area contributed by atoms with Crippen LogP contribution in [-0.2, 0) is 14.3 Å². The van der Waals surface area contributed by atoms with Crippen molar-refractivity contribution in [1.29, 1.82) is 0 Å². The summed E-state index contributed by atoms with van der Waals surface area (Å²) in [6, 6.07) is 0. The van der Waals surface area contributed by atoms with Crippen molar-refractivity contribution < 1.29 is 24.2 Å². The molecule has 0 radical (unpaired) electrons. The monoisotopic (exact) mass is 190 g/mol. The number of nitrogens with one attached hydrogen (secondary N) is 2. The highest BCUT2D eigenvalue weighted by molar-refractivity contribution is 5.81. The average Bonchev–Trinajstić information content (AvgIpc) is 2.09. The summed E-state index contributed by atoms with van der Waals surface area (Å²) >= 11 is 0. The van der Waals surface area contributed by atoms with Crippen LogP contribution in [0.4, 0.5) is 4.79 Å². The molecule has 0 aromatic rings. The Hall–Kier alpha value is -1.63. The highest BCUT2D eigenvalue weighted by Crippen LogP contribution is 1.68. The molecule has 74 valence electrons. The SMILES string of the molecule is O=CCOCNC(=O)CNC(=O)O. The molecule has 0 rings (SSSR count). The van der Waals surface area contributed by atoms with Gasteiger partial charge in [-0.05, 0) is 0 Å². The van der Waals surface area contributed by atoms with Crippen molar-refractivity contribution in [2.75, 3.05) is 19.9 Å². The van der Waals surface area contributed by atoms with Crippen LogP contribution in [0, 0.1) is 0 Å². The minimum atomic E-state index is -1.27. The molecule has 0 heterocycles. The molecule has 2 amide bonds. The fraction of sp³-hybridized carbons (Fsp3) is 0.500. The van der Waals surface area contributed by atoms with Gasteiger partial charge in [0.05, 0.1) is 0 Å². The molecular formula is C6H10N2O5. The minimum absolute atomic E-state index is 0.105. The topological polar surface area (TPSA) is 105 Å². The van der Waals surface area contributed by atoms with Crippen molar-refractivity contribution in [3.63, 3.8) is 0 Å². The Morgan fingerprint density at radius 3 is 2.62 bits per heavy atom. The van der Waals surface area contributed by atoms with Crippen molar-refractivity contribution in [2.45, 2.75) is 0 Å². The number of carbonyl (C=O) groups is 3. The molecule has 0 unspecified atom stereocenters. The van der Waals surface area contributed by atoms with E-state index in [4.69, 9.17) is 5.11 Å². The van der Waals surface area contributed by atoms with Crippen LogP contribution in [0.15, 0.2) is 0 Å². The van der Waals surface area contributed by atoms with E-state index in [1.54, 1.807) is 0 Å². The molecule has 0 saturated heterocycles. The molecule has 0 saturated carbocycles. The van der Waals surface area contributed by atoms with Crippen molar-refractivity contribution in [3.05, 3.63) is 0 Å². The van der Waals surface area contributed by atoms with Crippen LogP contribution >= 0.6 is 0 Å². The first-order valence-electron chi connectivity index (χ1n) is 3.41. The van der Waals surface area contributed by atoms with Crippen molar-refractivity contribution in [1.82, 2.24) is 10.6 Å². The Bertz CT molecular complexity index is 193. The Labute approximate surface area is 74.1 Å². The number of aldehydes is 1. The van der Waals surface area contributed by atoms with E-state index in [0.29, 0.717) is 6.29 Å². The maximum Gasteiger partial charge on any atom is 0.405 e. The molecule has 3 N–H and O–H groups in total. The highest BCUT2D eigenvalue weighted by Gasteiger charge is 2.01. The molecule has 13 heavy (non-hydrogen) atoms. The molecule has 0 aromatic carbocycles. The Morgan fingerprint density at radius 2 is 2.08 bits per heavy atom. The van der Waals surface area contributed by atoms with Crippen LogP contribution in [0.2, 0.25) is 0 Å². The normalized spacial score (nSPS) is 8.92. The number of hydrogen-bond acceptors (Lipinski definition) is 4. The third-order valence-corrected chi connectivity index (χ3v) is 0.957. The first-order valence-corrected chi connectivity index (χ1v) is 3.41. The van der Waals surface area contributed by atoms with Gasteiger partial charge in [0.25, 0.3) is 0 Å². The molecule has 0 atom stereocenters. The van der Waals surface area contributed by atoms with Crippen molar-refractivity contribution in [3.8, 4) is 0 Å². The summed E-state index contributed by atoms with van der Waals surface area (Å²) < 4.78 is 4.59. The Balaban J connectivity index is 3.30. The van der Waals surface area contributed by atoms with Crippen LogP contribution in [0.5, 0.6) is 0 Å². The van der Waals surface area contributed by atoms with E-state index >= 15 is 0 Å². The van der Waals surface area contributed by atoms with Gasteiger partial charge in [0.15, 0.2) is 0 Å². The third-order valence-electron chi connectivity index (χ3n) is 0.957. The van der Waals surface area contributed by atoms with Gasteiger partial charge in [0, 0.05) is 0 Å². The van der Waals surface area contributed by atoms with E-state index in [1.165, 1.54) is 0 Å². The second-order valence-corrected chi connectivity index (χ2v) is 1.94. The lowest BCUT2D eigenvalue weighted by atomic mass is 10.6. The molecule has 0 bridgehead atoms. The standard InChI is InChI=1S/C6H10N2O5/c9-1-2-13-4-8-5(10)3-7-6(11)12/h1,7H,2-4H2,(H,8,10)(H,11,12). The predicted molar refractivity (Wildman–Crippen MR) is 41.1 cm³/mol. The lowest BCUT2D eigenvalue weighted by Gasteiger charge is -2.03. The fourth-order valence-corrected chi connectivity index (χ4v) is 0.457. The van der Waals surface area contributed by atoms with Gasteiger partial charge in [-0.1, -0.05) is 0 Å². The molecule has 0 aromatic heterocycles. The van der Waals surface area contributed by atoms with Gasteiger partial charge in [0.1, 0.15) is 26.2 Å². The van der Waals surface area contributed by atoms with Crippen molar-refractivity contribution in [2.24, 2.45) is 0 Å². The van der Waals surface area contributed by atoms with E-state index in [2.05, 4.69) is 10.1 Å². The van der Waals surface area contributed by atoms with E-state index in [-0.39, 0.29) is 19.9 Å². The van der Waals surface area contributed by atoms with Crippen LogP contribution in [0.25, 0.3) is 0 Å². The van der Waals surface area contributed by atoms with E-state index < -0.39 is 12.0 Å². The lowest BCUT2D eigenvalue weighted by Crippen LogP contribution is -2.37. The third kappa shape index (κ3) is 8.27. The maximum absolute atomic E-state index is 10.7. The lowest BCUT2D eigenvalue weighted by molar-refractivity contribution is -0.123. The van der Waals surface area contributed by atoms with Gasteiger partial charge in [-0.2, -0.15) is 0 Å². The summed E-state index contributed by atoms with van der Waals surface area (Å²) in [5.41, 5.74) is 0. The number of carboxylic acid groups (broad SMARTS) is 1. The molecule has 7 heteroatoms.